The minimum absolute atomic E-state index is 0.120. The molecule has 0 saturated carbocycles. The highest BCUT2D eigenvalue weighted by Crippen LogP contribution is 2.33. The van der Waals surface area contributed by atoms with E-state index in [1.807, 2.05) is 26.0 Å². The van der Waals surface area contributed by atoms with Gasteiger partial charge in [0.2, 0.25) is 0 Å². The van der Waals surface area contributed by atoms with Crippen molar-refractivity contribution < 1.29 is 19.1 Å². The summed E-state index contributed by atoms with van der Waals surface area (Å²) in [6, 6.07) is 11.6. The van der Waals surface area contributed by atoms with Crippen molar-refractivity contribution >= 4 is 40.6 Å². The van der Waals surface area contributed by atoms with Crippen LogP contribution in [0.3, 0.4) is 0 Å². The number of methoxy groups -OCH3 is 1. The summed E-state index contributed by atoms with van der Waals surface area (Å²) in [5.41, 5.74) is 3.72. The van der Waals surface area contributed by atoms with Gasteiger partial charge in [-0.05, 0) is 58.3 Å². The Morgan fingerprint density at radius 2 is 1.94 bits per heavy atom. The smallest absolute Gasteiger partial charge is 0.262 e. The molecule has 2 aromatic carbocycles. The molecule has 0 aliphatic carbocycles. The lowest BCUT2D eigenvalue weighted by molar-refractivity contribution is -0.123. The Morgan fingerprint density at radius 1 is 1.23 bits per heavy atom. The maximum absolute atomic E-state index is 12.6. The highest BCUT2D eigenvalue weighted by Gasteiger charge is 2.24. The Morgan fingerprint density at radius 3 is 2.55 bits per heavy atom. The van der Waals surface area contributed by atoms with Gasteiger partial charge >= 0.3 is 0 Å². The zero-order chi connectivity index (χ0) is 22.8. The lowest BCUT2D eigenvalue weighted by Crippen LogP contribution is -2.48. The second kappa shape index (κ2) is 12.1. The van der Waals surface area contributed by atoms with Crippen LogP contribution in [0.4, 0.5) is 0 Å². The predicted molar refractivity (Wildman–Crippen MR) is 130 cm³/mol. The monoisotopic (exact) mass is 535 g/mol. The zero-order valence-electron chi connectivity index (χ0n) is 17.7. The van der Waals surface area contributed by atoms with Crippen LogP contribution in [0.25, 0.3) is 0 Å². The van der Waals surface area contributed by atoms with Gasteiger partial charge in [-0.1, -0.05) is 44.7 Å². The van der Waals surface area contributed by atoms with Crippen molar-refractivity contribution in [1.82, 2.24) is 10.7 Å². The van der Waals surface area contributed by atoms with Crippen LogP contribution in [-0.4, -0.2) is 37.8 Å². The minimum Gasteiger partial charge on any atom is -0.493 e. The lowest BCUT2D eigenvalue weighted by Gasteiger charge is -2.20. The average Bonchev–Trinajstić information content (AvgIpc) is 2.76. The zero-order valence-corrected chi connectivity index (χ0v) is 19.9. The minimum atomic E-state index is -0.728. The van der Waals surface area contributed by atoms with Crippen molar-refractivity contribution in [2.75, 3.05) is 13.7 Å². The van der Waals surface area contributed by atoms with Crippen LogP contribution < -0.4 is 20.2 Å². The van der Waals surface area contributed by atoms with E-state index in [0.717, 1.165) is 9.13 Å². The molecule has 8 heteroatoms. The maximum atomic E-state index is 12.6. The molecule has 0 spiro atoms. The molecular weight excluding hydrogens is 509 g/mol. The van der Waals surface area contributed by atoms with E-state index in [0.29, 0.717) is 23.7 Å². The van der Waals surface area contributed by atoms with Gasteiger partial charge in [-0.25, -0.2) is 5.43 Å². The van der Waals surface area contributed by atoms with Crippen LogP contribution in [0, 0.1) is 9.49 Å². The van der Waals surface area contributed by atoms with E-state index in [1.54, 1.807) is 43.5 Å². The normalized spacial score (nSPS) is 11.8. The average molecular weight is 535 g/mol. The van der Waals surface area contributed by atoms with Gasteiger partial charge in [-0.2, -0.15) is 5.10 Å². The number of hydrazone groups is 1. The van der Waals surface area contributed by atoms with Crippen molar-refractivity contribution in [2.24, 2.45) is 11.0 Å². The van der Waals surface area contributed by atoms with Gasteiger partial charge in [-0.3, -0.25) is 9.59 Å². The van der Waals surface area contributed by atoms with Crippen LogP contribution in [0.2, 0.25) is 0 Å². The number of hydrogen-bond acceptors (Lipinski definition) is 5. The summed E-state index contributed by atoms with van der Waals surface area (Å²) in [4.78, 5) is 25.0. The SMILES string of the molecule is C=CCOc1c(I)cc(C=NNC(=O)C(NC(=O)c2ccccc2)C(C)C)cc1OC. The van der Waals surface area contributed by atoms with Gasteiger partial charge in [0.05, 0.1) is 16.9 Å². The van der Waals surface area contributed by atoms with Gasteiger partial charge in [0.15, 0.2) is 11.5 Å². The second-order valence-corrected chi connectivity index (χ2v) is 8.09. The molecule has 0 heterocycles. The summed E-state index contributed by atoms with van der Waals surface area (Å²) < 4.78 is 11.9. The van der Waals surface area contributed by atoms with E-state index in [2.05, 4.69) is 45.0 Å². The van der Waals surface area contributed by atoms with Crippen molar-refractivity contribution in [3.8, 4) is 11.5 Å². The number of carbonyl (C=O) groups excluding carboxylic acids is 2. The third-order valence-corrected chi connectivity index (χ3v) is 5.06. The molecule has 2 aromatic rings. The summed E-state index contributed by atoms with van der Waals surface area (Å²) in [6.07, 6.45) is 3.17. The molecule has 2 amide bonds. The van der Waals surface area contributed by atoms with E-state index < -0.39 is 11.9 Å². The Bertz CT molecular complexity index is 945. The number of carbonyl (C=O) groups is 2. The number of ether oxygens (including phenoxy) is 2. The first-order chi connectivity index (χ1) is 14.9. The van der Waals surface area contributed by atoms with Crippen molar-refractivity contribution in [1.29, 1.82) is 0 Å². The molecule has 0 aromatic heterocycles. The topological polar surface area (TPSA) is 89.0 Å². The van der Waals surface area contributed by atoms with Gasteiger partial charge < -0.3 is 14.8 Å². The summed E-state index contributed by atoms with van der Waals surface area (Å²) in [5, 5.41) is 6.81. The van der Waals surface area contributed by atoms with Crippen molar-refractivity contribution in [3.63, 3.8) is 0 Å². The Hall–Kier alpha value is -2.88. The van der Waals surface area contributed by atoms with Gasteiger partial charge in [0, 0.05) is 5.56 Å². The van der Waals surface area contributed by atoms with E-state index in [-0.39, 0.29) is 11.8 Å². The van der Waals surface area contributed by atoms with E-state index in [1.165, 1.54) is 6.21 Å². The molecule has 2 rings (SSSR count). The molecule has 0 radical (unpaired) electrons. The quantitative estimate of drug-likeness (QED) is 0.210. The molecule has 0 aliphatic rings. The number of amides is 2. The molecule has 1 atom stereocenters. The molecule has 0 bridgehead atoms. The van der Waals surface area contributed by atoms with Crippen molar-refractivity contribution in [2.45, 2.75) is 19.9 Å². The first-order valence-electron chi connectivity index (χ1n) is 9.67. The summed E-state index contributed by atoms with van der Waals surface area (Å²) in [5.74, 6) is 0.338. The first-order valence-corrected chi connectivity index (χ1v) is 10.7. The van der Waals surface area contributed by atoms with E-state index in [9.17, 15) is 9.59 Å². The van der Waals surface area contributed by atoms with Crippen LogP contribution in [-0.2, 0) is 4.79 Å². The molecule has 0 fully saturated rings. The van der Waals surface area contributed by atoms with Gasteiger partial charge in [0.25, 0.3) is 11.8 Å². The number of hydrogen-bond donors (Lipinski definition) is 2. The summed E-state index contributed by atoms with van der Waals surface area (Å²) in [6.45, 7) is 7.71. The van der Waals surface area contributed by atoms with Crippen LogP contribution >= 0.6 is 22.6 Å². The lowest BCUT2D eigenvalue weighted by atomic mass is 10.0. The highest BCUT2D eigenvalue weighted by atomic mass is 127. The second-order valence-electron chi connectivity index (χ2n) is 6.93. The van der Waals surface area contributed by atoms with Gasteiger partial charge in [0.1, 0.15) is 12.6 Å². The Kier molecular flexibility index (Phi) is 9.51. The fourth-order valence-corrected chi connectivity index (χ4v) is 3.47. The third kappa shape index (κ3) is 7.09. The standard InChI is InChI=1S/C23H26IN3O4/c1-5-11-31-21-18(24)12-16(13-19(21)30-4)14-25-27-23(29)20(15(2)3)26-22(28)17-9-7-6-8-10-17/h5-10,12-15,20H,1,11H2,2-4H3,(H,26,28)(H,27,29). The van der Waals surface area contributed by atoms with Crippen molar-refractivity contribution in [3.05, 3.63) is 69.8 Å². The molecular formula is C23H26IN3O4. The van der Waals surface area contributed by atoms with Crippen LogP contribution in [0.5, 0.6) is 11.5 Å². The molecule has 31 heavy (non-hydrogen) atoms. The Labute approximate surface area is 196 Å². The molecule has 2 N–H and O–H groups in total. The number of nitrogens with one attached hydrogen (secondary N) is 2. The number of benzene rings is 2. The van der Waals surface area contributed by atoms with E-state index >= 15 is 0 Å². The van der Waals surface area contributed by atoms with Crippen LogP contribution in [0.15, 0.2) is 60.2 Å². The fraction of sp³-hybridized carbons (Fsp3) is 0.261. The summed E-state index contributed by atoms with van der Waals surface area (Å²) in [7, 11) is 1.55. The van der Waals surface area contributed by atoms with E-state index in [4.69, 9.17) is 9.47 Å². The summed E-state index contributed by atoms with van der Waals surface area (Å²) >= 11 is 2.14. The number of nitrogens with zero attached hydrogens (tertiary/aromatic N) is 1. The molecule has 164 valence electrons. The predicted octanol–water partition coefficient (Wildman–Crippen LogP) is 3.77. The highest BCUT2D eigenvalue weighted by molar-refractivity contribution is 14.1. The fourth-order valence-electron chi connectivity index (χ4n) is 2.69. The van der Waals surface area contributed by atoms with Crippen LogP contribution in [0.1, 0.15) is 29.8 Å². The third-order valence-electron chi connectivity index (χ3n) is 4.26. The molecule has 7 nitrogen and oxygen atoms in total. The molecule has 1 unspecified atom stereocenters. The maximum Gasteiger partial charge on any atom is 0.262 e. The first kappa shape index (κ1) is 24.4. The molecule has 0 saturated heterocycles. The Balaban J connectivity index is 2.07. The number of rotatable bonds is 10. The number of halogens is 1. The largest absolute Gasteiger partial charge is 0.493 e. The van der Waals surface area contributed by atoms with Gasteiger partial charge in [-0.15, -0.1) is 0 Å². The molecule has 0 aliphatic heterocycles.